The average molecular weight is 344 g/mol. The number of carboxylic acid groups (broad SMARTS) is 1. The number of aromatic nitrogens is 1. The van der Waals surface area contributed by atoms with Crippen molar-refractivity contribution in [2.24, 2.45) is 5.92 Å². The molecule has 1 saturated heterocycles. The van der Waals surface area contributed by atoms with Gasteiger partial charge in [-0.3, -0.25) is 4.79 Å². The molecule has 0 bridgehead atoms. The van der Waals surface area contributed by atoms with Crippen LogP contribution in [0.2, 0.25) is 0 Å². The minimum absolute atomic E-state index is 0.157. The van der Waals surface area contributed by atoms with Crippen LogP contribution in [0, 0.1) is 5.92 Å². The molecule has 0 saturated carbocycles. The number of amides is 1. The summed E-state index contributed by atoms with van der Waals surface area (Å²) < 4.78 is 5.36. The smallest absolute Gasteiger partial charge is 0.326 e. The Kier molecular flexibility index (Phi) is 5.38. The SMILES string of the molecule is CCc1cccc2c(CC(=O)NC(C(=O)O)C3CCCOC3)c[nH]c12. The van der Waals surface area contributed by atoms with Crippen molar-refractivity contribution in [2.45, 2.75) is 38.6 Å². The molecule has 2 aromatic rings. The molecule has 2 atom stereocenters. The molecule has 6 heteroatoms. The first-order chi connectivity index (χ1) is 12.1. The van der Waals surface area contributed by atoms with E-state index in [1.165, 1.54) is 5.56 Å². The molecule has 25 heavy (non-hydrogen) atoms. The van der Waals surface area contributed by atoms with Gasteiger partial charge in [0.05, 0.1) is 13.0 Å². The summed E-state index contributed by atoms with van der Waals surface area (Å²) in [5.41, 5.74) is 3.13. The zero-order valence-electron chi connectivity index (χ0n) is 14.4. The monoisotopic (exact) mass is 344 g/mol. The quantitative estimate of drug-likeness (QED) is 0.750. The van der Waals surface area contributed by atoms with Crippen molar-refractivity contribution in [2.75, 3.05) is 13.2 Å². The lowest BCUT2D eigenvalue weighted by Crippen LogP contribution is -2.48. The van der Waals surface area contributed by atoms with E-state index in [9.17, 15) is 14.7 Å². The number of para-hydroxylation sites is 1. The maximum Gasteiger partial charge on any atom is 0.326 e. The first-order valence-corrected chi connectivity index (χ1v) is 8.78. The lowest BCUT2D eigenvalue weighted by Gasteiger charge is -2.28. The number of aromatic amines is 1. The minimum atomic E-state index is -1.00. The third kappa shape index (κ3) is 3.85. The van der Waals surface area contributed by atoms with Gasteiger partial charge in [-0.15, -0.1) is 0 Å². The minimum Gasteiger partial charge on any atom is -0.480 e. The second-order valence-electron chi connectivity index (χ2n) is 6.54. The van der Waals surface area contributed by atoms with Gasteiger partial charge in [-0.25, -0.2) is 4.79 Å². The Bertz CT molecular complexity index is 762. The number of hydrogen-bond acceptors (Lipinski definition) is 3. The Balaban J connectivity index is 1.72. The molecule has 1 amide bonds. The fraction of sp³-hybridized carbons (Fsp3) is 0.474. The highest BCUT2D eigenvalue weighted by molar-refractivity contribution is 5.91. The van der Waals surface area contributed by atoms with E-state index in [1.807, 2.05) is 18.3 Å². The van der Waals surface area contributed by atoms with E-state index in [4.69, 9.17) is 4.74 Å². The van der Waals surface area contributed by atoms with E-state index in [-0.39, 0.29) is 18.2 Å². The van der Waals surface area contributed by atoms with E-state index in [2.05, 4.69) is 23.3 Å². The fourth-order valence-electron chi connectivity index (χ4n) is 3.52. The molecule has 2 heterocycles. The standard InChI is InChI=1S/C19H24N2O4/c1-2-12-5-3-7-15-14(10-20-17(12)15)9-16(22)21-18(19(23)24)13-6-4-8-25-11-13/h3,5,7,10,13,18,20H,2,4,6,8-9,11H2,1H3,(H,21,22)(H,23,24). The Labute approximate surface area is 146 Å². The first-order valence-electron chi connectivity index (χ1n) is 8.78. The maximum atomic E-state index is 12.4. The van der Waals surface area contributed by atoms with Crippen LogP contribution in [0.15, 0.2) is 24.4 Å². The molecule has 1 aliphatic rings. The van der Waals surface area contributed by atoms with Gasteiger partial charge in [0.2, 0.25) is 5.91 Å². The topological polar surface area (TPSA) is 91.4 Å². The second-order valence-corrected chi connectivity index (χ2v) is 6.54. The molecule has 2 unspecified atom stereocenters. The lowest BCUT2D eigenvalue weighted by molar-refractivity contribution is -0.145. The number of ether oxygens (including phenoxy) is 1. The number of benzene rings is 1. The summed E-state index contributed by atoms with van der Waals surface area (Å²) in [6.07, 6.45) is 4.48. The summed E-state index contributed by atoms with van der Waals surface area (Å²) in [4.78, 5) is 27.2. The summed E-state index contributed by atoms with van der Waals surface area (Å²) in [6.45, 7) is 3.13. The van der Waals surface area contributed by atoms with Crippen LogP contribution in [0.25, 0.3) is 10.9 Å². The number of hydrogen-bond donors (Lipinski definition) is 3. The van der Waals surface area contributed by atoms with Gasteiger partial charge in [0.15, 0.2) is 0 Å². The zero-order valence-corrected chi connectivity index (χ0v) is 14.4. The first kappa shape index (κ1) is 17.5. The average Bonchev–Trinajstić information content (AvgIpc) is 3.03. The Hall–Kier alpha value is -2.34. The van der Waals surface area contributed by atoms with Crippen LogP contribution in [-0.4, -0.2) is 41.2 Å². The lowest BCUT2D eigenvalue weighted by atomic mass is 9.93. The van der Waals surface area contributed by atoms with E-state index in [0.717, 1.165) is 35.7 Å². The number of carbonyl (C=O) groups excluding carboxylic acids is 1. The predicted octanol–water partition coefficient (Wildman–Crippen LogP) is 2.27. The summed E-state index contributed by atoms with van der Waals surface area (Å²) in [7, 11) is 0. The van der Waals surface area contributed by atoms with Gasteiger partial charge in [0.25, 0.3) is 0 Å². The van der Waals surface area contributed by atoms with Crippen LogP contribution < -0.4 is 5.32 Å². The van der Waals surface area contributed by atoms with Crippen molar-refractivity contribution >= 4 is 22.8 Å². The van der Waals surface area contributed by atoms with Crippen LogP contribution >= 0.6 is 0 Å². The van der Waals surface area contributed by atoms with Crippen molar-refractivity contribution in [3.8, 4) is 0 Å². The van der Waals surface area contributed by atoms with Gasteiger partial charge < -0.3 is 20.1 Å². The molecule has 3 rings (SSSR count). The highest BCUT2D eigenvalue weighted by Crippen LogP contribution is 2.23. The fourth-order valence-corrected chi connectivity index (χ4v) is 3.52. The van der Waals surface area contributed by atoms with Gasteiger partial charge >= 0.3 is 5.97 Å². The van der Waals surface area contributed by atoms with Crippen molar-refractivity contribution < 1.29 is 19.4 Å². The van der Waals surface area contributed by atoms with Gasteiger partial charge in [-0.05, 0) is 30.4 Å². The molecule has 1 aromatic carbocycles. The third-order valence-corrected chi connectivity index (χ3v) is 4.87. The van der Waals surface area contributed by atoms with Gasteiger partial charge in [-0.2, -0.15) is 0 Å². The van der Waals surface area contributed by atoms with Crippen LogP contribution in [0.5, 0.6) is 0 Å². The van der Waals surface area contributed by atoms with Crippen LogP contribution in [0.4, 0.5) is 0 Å². The zero-order chi connectivity index (χ0) is 17.8. The largest absolute Gasteiger partial charge is 0.480 e. The molecule has 6 nitrogen and oxygen atoms in total. The van der Waals surface area contributed by atoms with E-state index >= 15 is 0 Å². The number of H-pyrrole nitrogens is 1. The second kappa shape index (κ2) is 7.70. The molecule has 1 fully saturated rings. The number of fused-ring (bicyclic) bond motifs is 1. The number of carbonyl (C=O) groups is 2. The van der Waals surface area contributed by atoms with Gasteiger partial charge in [0.1, 0.15) is 6.04 Å². The molecule has 0 aliphatic carbocycles. The van der Waals surface area contributed by atoms with E-state index < -0.39 is 12.0 Å². The molecule has 0 spiro atoms. The Morgan fingerprint density at radius 2 is 2.24 bits per heavy atom. The highest BCUT2D eigenvalue weighted by Gasteiger charge is 2.31. The van der Waals surface area contributed by atoms with Crippen molar-refractivity contribution in [1.82, 2.24) is 10.3 Å². The molecule has 3 N–H and O–H groups in total. The highest BCUT2D eigenvalue weighted by atomic mass is 16.5. The summed E-state index contributed by atoms with van der Waals surface area (Å²) in [5, 5.41) is 13.2. The summed E-state index contributed by atoms with van der Waals surface area (Å²) in [6, 6.07) is 5.13. The van der Waals surface area contributed by atoms with Crippen LogP contribution in [0.1, 0.15) is 30.9 Å². The molecular weight excluding hydrogens is 320 g/mol. The molecular formula is C19H24N2O4. The molecule has 0 radical (unpaired) electrons. The number of carboxylic acids is 1. The van der Waals surface area contributed by atoms with Crippen molar-refractivity contribution in [3.63, 3.8) is 0 Å². The van der Waals surface area contributed by atoms with Gasteiger partial charge in [0, 0.05) is 29.6 Å². The number of aliphatic carboxylic acids is 1. The molecule has 134 valence electrons. The number of aryl methyl sites for hydroxylation is 1. The number of nitrogens with one attached hydrogen (secondary N) is 2. The van der Waals surface area contributed by atoms with E-state index in [1.54, 1.807) is 0 Å². The van der Waals surface area contributed by atoms with Crippen LogP contribution in [-0.2, 0) is 27.2 Å². The Morgan fingerprint density at radius 3 is 2.92 bits per heavy atom. The molecule has 1 aromatic heterocycles. The Morgan fingerprint density at radius 1 is 1.40 bits per heavy atom. The van der Waals surface area contributed by atoms with Gasteiger partial charge in [-0.1, -0.05) is 25.1 Å². The number of rotatable bonds is 6. The summed E-state index contributed by atoms with van der Waals surface area (Å²) >= 11 is 0. The molecule has 1 aliphatic heterocycles. The van der Waals surface area contributed by atoms with Crippen LogP contribution in [0.3, 0.4) is 0 Å². The predicted molar refractivity (Wildman–Crippen MR) is 94.5 cm³/mol. The maximum absolute atomic E-state index is 12.4. The van der Waals surface area contributed by atoms with E-state index in [0.29, 0.717) is 13.2 Å². The van der Waals surface area contributed by atoms with Crippen molar-refractivity contribution in [1.29, 1.82) is 0 Å². The van der Waals surface area contributed by atoms with Crippen molar-refractivity contribution in [3.05, 3.63) is 35.5 Å². The summed E-state index contributed by atoms with van der Waals surface area (Å²) in [5.74, 6) is -1.46. The normalized spacial score (nSPS) is 18.8. The third-order valence-electron chi connectivity index (χ3n) is 4.87.